The average molecular weight is 355 g/mol. The first-order valence-electron chi connectivity index (χ1n) is 9.62. The van der Waals surface area contributed by atoms with Gasteiger partial charge in [-0.05, 0) is 57.5 Å². The van der Waals surface area contributed by atoms with Gasteiger partial charge in [0.1, 0.15) is 0 Å². The van der Waals surface area contributed by atoms with Gasteiger partial charge in [0.15, 0.2) is 0 Å². The molecule has 0 N–H and O–H groups in total. The van der Waals surface area contributed by atoms with Gasteiger partial charge in [-0.3, -0.25) is 0 Å². The van der Waals surface area contributed by atoms with E-state index in [1.165, 1.54) is 44.5 Å². The standard InChI is InChI=1S/C27H17N/c1-17-8-6-14-23-25(17)19-10-2-4-12-21(19)27(23)22-13-5-3-11-20(22)26-18(16-28)9-7-15-24(26)27/h2-15H,1H3. The van der Waals surface area contributed by atoms with Crippen molar-refractivity contribution in [1.29, 1.82) is 5.26 Å². The Labute approximate surface area is 164 Å². The number of nitrogens with zero attached hydrogens (tertiary/aromatic N) is 1. The third kappa shape index (κ3) is 1.58. The van der Waals surface area contributed by atoms with Crippen LogP contribution in [0.2, 0.25) is 0 Å². The maximum atomic E-state index is 9.84. The van der Waals surface area contributed by atoms with Crippen LogP contribution in [0, 0.1) is 18.3 Å². The smallest absolute Gasteiger partial charge is 0.0998 e. The minimum atomic E-state index is -0.350. The molecule has 0 bridgehead atoms. The summed E-state index contributed by atoms with van der Waals surface area (Å²) < 4.78 is 0. The Morgan fingerprint density at radius 1 is 0.607 bits per heavy atom. The molecule has 0 radical (unpaired) electrons. The largest absolute Gasteiger partial charge is 0.192 e. The molecule has 130 valence electrons. The van der Waals surface area contributed by atoms with E-state index in [-0.39, 0.29) is 5.41 Å². The number of benzene rings is 4. The molecule has 1 unspecified atom stereocenters. The Kier molecular flexibility index (Phi) is 2.87. The van der Waals surface area contributed by atoms with Crippen molar-refractivity contribution in [1.82, 2.24) is 0 Å². The molecule has 0 saturated heterocycles. The molecule has 1 nitrogen and oxygen atoms in total. The summed E-state index contributed by atoms with van der Waals surface area (Å²) in [5.74, 6) is 0. The van der Waals surface area contributed by atoms with Crippen molar-refractivity contribution >= 4 is 0 Å². The van der Waals surface area contributed by atoms with Crippen LogP contribution < -0.4 is 0 Å². The summed E-state index contributed by atoms with van der Waals surface area (Å²) >= 11 is 0. The quantitative estimate of drug-likeness (QED) is 0.318. The van der Waals surface area contributed by atoms with Crippen molar-refractivity contribution in [2.45, 2.75) is 12.3 Å². The molecule has 1 atom stereocenters. The summed E-state index contributed by atoms with van der Waals surface area (Å²) in [4.78, 5) is 0. The molecule has 4 aromatic rings. The Bertz CT molecular complexity index is 1340. The first-order chi connectivity index (χ1) is 13.8. The number of hydrogen-bond acceptors (Lipinski definition) is 1. The van der Waals surface area contributed by atoms with E-state index < -0.39 is 0 Å². The zero-order valence-electron chi connectivity index (χ0n) is 15.5. The summed E-state index contributed by atoms with van der Waals surface area (Å²) in [6, 6.07) is 32.6. The van der Waals surface area contributed by atoms with E-state index in [0.717, 1.165) is 11.1 Å². The van der Waals surface area contributed by atoms with E-state index in [2.05, 4.69) is 85.8 Å². The fourth-order valence-corrected chi connectivity index (χ4v) is 5.51. The van der Waals surface area contributed by atoms with Crippen molar-refractivity contribution in [3.05, 3.63) is 118 Å². The molecule has 0 saturated carbocycles. The average Bonchev–Trinajstić information content (AvgIpc) is 3.22. The second-order valence-corrected chi connectivity index (χ2v) is 7.68. The number of hydrogen-bond donors (Lipinski definition) is 0. The van der Waals surface area contributed by atoms with E-state index in [1.54, 1.807) is 0 Å². The zero-order chi connectivity index (χ0) is 18.9. The highest BCUT2D eigenvalue weighted by atomic mass is 14.5. The molecular formula is C27H17N. The predicted molar refractivity (Wildman–Crippen MR) is 112 cm³/mol. The van der Waals surface area contributed by atoms with Crippen LogP contribution in [0.1, 0.15) is 33.4 Å². The Hall–Kier alpha value is -3.63. The summed E-state index contributed by atoms with van der Waals surface area (Å²) in [6.45, 7) is 2.20. The van der Waals surface area contributed by atoms with Crippen LogP contribution in [0.4, 0.5) is 0 Å². The highest BCUT2D eigenvalue weighted by molar-refractivity contribution is 5.97. The molecule has 0 heterocycles. The maximum Gasteiger partial charge on any atom is 0.0998 e. The van der Waals surface area contributed by atoms with E-state index >= 15 is 0 Å². The lowest BCUT2D eigenvalue weighted by molar-refractivity contribution is 0.793. The fraction of sp³-hybridized carbons (Fsp3) is 0.0741. The van der Waals surface area contributed by atoms with Crippen molar-refractivity contribution in [2.75, 3.05) is 0 Å². The predicted octanol–water partition coefficient (Wildman–Crippen LogP) is 6.21. The summed E-state index contributed by atoms with van der Waals surface area (Å²) in [5, 5.41) is 9.84. The van der Waals surface area contributed by atoms with Crippen LogP contribution in [-0.2, 0) is 5.41 Å². The fourth-order valence-electron chi connectivity index (χ4n) is 5.51. The molecule has 0 aliphatic heterocycles. The van der Waals surface area contributed by atoms with Crippen molar-refractivity contribution in [3.8, 4) is 28.3 Å². The van der Waals surface area contributed by atoms with Crippen LogP contribution >= 0.6 is 0 Å². The highest BCUT2D eigenvalue weighted by Gasteiger charge is 2.52. The normalized spacial score (nSPS) is 17.6. The lowest BCUT2D eigenvalue weighted by Gasteiger charge is -2.30. The van der Waals surface area contributed by atoms with Gasteiger partial charge in [0.2, 0.25) is 0 Å². The first-order valence-corrected chi connectivity index (χ1v) is 9.62. The summed E-state index contributed by atoms with van der Waals surface area (Å²) in [7, 11) is 0. The molecule has 28 heavy (non-hydrogen) atoms. The van der Waals surface area contributed by atoms with E-state index in [1.807, 2.05) is 12.1 Å². The molecule has 1 spiro atoms. The van der Waals surface area contributed by atoms with Crippen LogP contribution in [0.25, 0.3) is 22.3 Å². The first kappa shape index (κ1) is 15.4. The van der Waals surface area contributed by atoms with Gasteiger partial charge in [-0.1, -0.05) is 78.9 Å². The van der Waals surface area contributed by atoms with Gasteiger partial charge in [-0.25, -0.2) is 0 Å². The molecule has 4 aromatic carbocycles. The topological polar surface area (TPSA) is 23.8 Å². The third-order valence-electron chi connectivity index (χ3n) is 6.47. The minimum Gasteiger partial charge on any atom is -0.192 e. The highest BCUT2D eigenvalue weighted by Crippen LogP contribution is 2.63. The Balaban J connectivity index is 1.90. The molecule has 2 aliphatic rings. The van der Waals surface area contributed by atoms with E-state index in [9.17, 15) is 5.26 Å². The van der Waals surface area contributed by atoms with Gasteiger partial charge < -0.3 is 0 Å². The Morgan fingerprint density at radius 2 is 1.14 bits per heavy atom. The van der Waals surface area contributed by atoms with Crippen molar-refractivity contribution in [3.63, 3.8) is 0 Å². The lowest BCUT2D eigenvalue weighted by atomic mass is 9.70. The lowest BCUT2D eigenvalue weighted by Crippen LogP contribution is -2.25. The molecule has 0 aromatic heterocycles. The monoisotopic (exact) mass is 355 g/mol. The molecule has 0 fully saturated rings. The van der Waals surface area contributed by atoms with Crippen molar-refractivity contribution < 1.29 is 0 Å². The van der Waals surface area contributed by atoms with Gasteiger partial charge in [0, 0.05) is 5.56 Å². The van der Waals surface area contributed by atoms with Gasteiger partial charge in [0.25, 0.3) is 0 Å². The van der Waals surface area contributed by atoms with E-state index in [0.29, 0.717) is 0 Å². The van der Waals surface area contributed by atoms with Crippen LogP contribution in [0.5, 0.6) is 0 Å². The molecule has 2 aliphatic carbocycles. The Morgan fingerprint density at radius 3 is 1.82 bits per heavy atom. The van der Waals surface area contributed by atoms with Crippen LogP contribution in [0.3, 0.4) is 0 Å². The van der Waals surface area contributed by atoms with Gasteiger partial charge in [0.05, 0.1) is 17.0 Å². The zero-order valence-corrected chi connectivity index (χ0v) is 15.5. The molecule has 6 rings (SSSR count). The van der Waals surface area contributed by atoms with Crippen LogP contribution in [-0.4, -0.2) is 0 Å². The van der Waals surface area contributed by atoms with Crippen LogP contribution in [0.15, 0.2) is 84.9 Å². The number of fused-ring (bicyclic) bond motifs is 10. The number of rotatable bonds is 0. The third-order valence-corrected chi connectivity index (χ3v) is 6.47. The van der Waals surface area contributed by atoms with E-state index in [4.69, 9.17) is 0 Å². The SMILES string of the molecule is Cc1cccc2c1-c1ccccc1C21c2ccccc2-c2c(C#N)cccc21. The summed E-state index contributed by atoms with van der Waals surface area (Å²) in [5.41, 5.74) is 11.8. The number of nitriles is 1. The molecule has 1 heteroatoms. The number of aryl methyl sites for hydroxylation is 1. The molecular weight excluding hydrogens is 338 g/mol. The minimum absolute atomic E-state index is 0.350. The van der Waals surface area contributed by atoms with Gasteiger partial charge in [-0.15, -0.1) is 0 Å². The summed E-state index contributed by atoms with van der Waals surface area (Å²) in [6.07, 6.45) is 0. The van der Waals surface area contributed by atoms with Crippen molar-refractivity contribution in [2.24, 2.45) is 0 Å². The van der Waals surface area contributed by atoms with Gasteiger partial charge >= 0.3 is 0 Å². The maximum absolute atomic E-state index is 9.84. The van der Waals surface area contributed by atoms with Gasteiger partial charge in [-0.2, -0.15) is 5.26 Å². The second kappa shape index (κ2) is 5.21. The molecule has 0 amide bonds. The second-order valence-electron chi connectivity index (χ2n) is 7.68.